The molecule has 2 aromatic heterocycles. The zero-order valence-corrected chi connectivity index (χ0v) is 16.2. The van der Waals surface area contributed by atoms with E-state index in [2.05, 4.69) is 15.3 Å². The second-order valence-corrected chi connectivity index (χ2v) is 6.19. The van der Waals surface area contributed by atoms with Crippen LogP contribution in [-0.2, 0) is 4.74 Å². The molecule has 0 spiro atoms. The molecule has 0 radical (unpaired) electrons. The third-order valence-electron chi connectivity index (χ3n) is 4.07. The van der Waals surface area contributed by atoms with Gasteiger partial charge in [-0.05, 0) is 27.7 Å². The van der Waals surface area contributed by atoms with Gasteiger partial charge in [-0.2, -0.15) is 0 Å². The Balaban J connectivity index is 2.05. The highest BCUT2D eigenvalue weighted by Gasteiger charge is 2.28. The molecule has 0 amide bonds. The number of Topliss-reactive ketones (excluding diaryl/α,β-unsaturated/α-hetero) is 1. The third kappa shape index (κ3) is 3.93. The molecule has 3 rings (SSSR count). The predicted molar refractivity (Wildman–Crippen MR) is 105 cm³/mol. The maximum Gasteiger partial charge on any atom is 0.344 e. The van der Waals surface area contributed by atoms with Crippen LogP contribution in [0.15, 0.2) is 40.8 Å². The summed E-state index contributed by atoms with van der Waals surface area (Å²) in [7, 11) is 0. The summed E-state index contributed by atoms with van der Waals surface area (Å²) in [5, 5.41) is 3.01. The molecule has 28 heavy (non-hydrogen) atoms. The lowest BCUT2D eigenvalue weighted by atomic mass is 10.1. The maximum atomic E-state index is 12.4. The summed E-state index contributed by atoms with van der Waals surface area (Å²) >= 11 is 0. The number of furan rings is 1. The van der Waals surface area contributed by atoms with Gasteiger partial charge in [0.2, 0.25) is 5.88 Å². The van der Waals surface area contributed by atoms with Crippen molar-refractivity contribution in [1.82, 2.24) is 9.97 Å². The highest BCUT2D eigenvalue weighted by atomic mass is 16.5. The SMILES string of the molecule is CCOC(=O)c1c(Nc2cc(-c3ccccc3)nc(C)n2)oc(C)c1C(C)=O. The average Bonchev–Trinajstić information content (AvgIpc) is 2.98. The zero-order chi connectivity index (χ0) is 20.3. The molecule has 144 valence electrons. The van der Waals surface area contributed by atoms with E-state index in [1.807, 2.05) is 30.3 Å². The number of anilines is 2. The van der Waals surface area contributed by atoms with Crippen LogP contribution in [0.3, 0.4) is 0 Å². The predicted octanol–water partition coefficient (Wildman–Crippen LogP) is 4.48. The Labute approximate surface area is 162 Å². The fourth-order valence-corrected chi connectivity index (χ4v) is 2.96. The van der Waals surface area contributed by atoms with Crippen LogP contribution in [-0.4, -0.2) is 28.3 Å². The van der Waals surface area contributed by atoms with E-state index < -0.39 is 5.97 Å². The molecular weight excluding hydrogens is 358 g/mol. The quantitative estimate of drug-likeness (QED) is 0.498. The van der Waals surface area contributed by atoms with E-state index in [1.54, 1.807) is 26.8 Å². The van der Waals surface area contributed by atoms with Crippen LogP contribution in [0.2, 0.25) is 0 Å². The number of nitrogens with one attached hydrogen (secondary N) is 1. The number of hydrogen-bond acceptors (Lipinski definition) is 7. The van der Waals surface area contributed by atoms with Gasteiger partial charge in [0.25, 0.3) is 0 Å². The minimum atomic E-state index is -0.624. The van der Waals surface area contributed by atoms with Crippen molar-refractivity contribution in [2.45, 2.75) is 27.7 Å². The summed E-state index contributed by atoms with van der Waals surface area (Å²) in [4.78, 5) is 33.3. The molecule has 0 bridgehead atoms. The van der Waals surface area contributed by atoms with Crippen molar-refractivity contribution in [2.75, 3.05) is 11.9 Å². The summed E-state index contributed by atoms with van der Waals surface area (Å²) in [6, 6.07) is 11.4. The van der Waals surface area contributed by atoms with E-state index in [9.17, 15) is 9.59 Å². The smallest absolute Gasteiger partial charge is 0.344 e. The summed E-state index contributed by atoms with van der Waals surface area (Å²) in [6.07, 6.45) is 0. The lowest BCUT2D eigenvalue weighted by Crippen LogP contribution is -2.11. The fraction of sp³-hybridized carbons (Fsp3) is 0.238. The van der Waals surface area contributed by atoms with Crippen molar-refractivity contribution in [3.8, 4) is 11.3 Å². The third-order valence-corrected chi connectivity index (χ3v) is 4.07. The second-order valence-electron chi connectivity index (χ2n) is 6.19. The second kappa shape index (κ2) is 8.04. The molecule has 1 N–H and O–H groups in total. The van der Waals surface area contributed by atoms with Crippen LogP contribution in [0, 0.1) is 13.8 Å². The largest absolute Gasteiger partial charge is 0.462 e. The van der Waals surface area contributed by atoms with Crippen LogP contribution >= 0.6 is 0 Å². The molecule has 0 aliphatic rings. The molecular formula is C21H21N3O4. The first-order valence-corrected chi connectivity index (χ1v) is 8.90. The molecule has 7 heteroatoms. The van der Waals surface area contributed by atoms with Crippen LogP contribution in [0.25, 0.3) is 11.3 Å². The number of nitrogens with zero attached hydrogens (tertiary/aromatic N) is 2. The van der Waals surface area contributed by atoms with Crippen LogP contribution < -0.4 is 5.32 Å². The molecule has 0 atom stereocenters. The van der Waals surface area contributed by atoms with Gasteiger partial charge in [-0.25, -0.2) is 14.8 Å². The van der Waals surface area contributed by atoms with Crippen molar-refractivity contribution in [2.24, 2.45) is 0 Å². The Morgan fingerprint density at radius 3 is 2.46 bits per heavy atom. The van der Waals surface area contributed by atoms with Crippen molar-refractivity contribution < 1.29 is 18.7 Å². The van der Waals surface area contributed by atoms with Gasteiger partial charge in [-0.3, -0.25) is 4.79 Å². The monoisotopic (exact) mass is 379 g/mol. The van der Waals surface area contributed by atoms with E-state index in [0.717, 1.165) is 11.3 Å². The number of carbonyl (C=O) groups is 2. The Kier molecular flexibility index (Phi) is 5.54. The van der Waals surface area contributed by atoms with E-state index in [-0.39, 0.29) is 29.4 Å². The Morgan fingerprint density at radius 1 is 1.11 bits per heavy atom. The molecule has 0 saturated heterocycles. The van der Waals surface area contributed by atoms with E-state index in [0.29, 0.717) is 17.4 Å². The highest BCUT2D eigenvalue weighted by Crippen LogP contribution is 2.31. The fourth-order valence-electron chi connectivity index (χ4n) is 2.96. The van der Waals surface area contributed by atoms with E-state index in [1.165, 1.54) is 6.92 Å². The highest BCUT2D eigenvalue weighted by molar-refractivity contribution is 6.09. The van der Waals surface area contributed by atoms with Crippen LogP contribution in [0.4, 0.5) is 11.7 Å². The minimum Gasteiger partial charge on any atom is -0.462 e. The van der Waals surface area contributed by atoms with Crippen molar-refractivity contribution >= 4 is 23.5 Å². The van der Waals surface area contributed by atoms with Crippen LogP contribution in [0.5, 0.6) is 0 Å². The summed E-state index contributed by atoms with van der Waals surface area (Å²) in [6.45, 7) is 6.67. The van der Waals surface area contributed by atoms with Gasteiger partial charge in [0.05, 0.1) is 17.9 Å². The first-order valence-electron chi connectivity index (χ1n) is 8.90. The van der Waals surface area contributed by atoms with Crippen molar-refractivity contribution in [3.63, 3.8) is 0 Å². The number of carbonyl (C=O) groups excluding carboxylic acids is 2. The number of esters is 1. The van der Waals surface area contributed by atoms with Gasteiger partial charge in [-0.1, -0.05) is 30.3 Å². The number of ketones is 1. The molecule has 3 aromatic rings. The molecule has 1 aromatic carbocycles. The van der Waals surface area contributed by atoms with E-state index >= 15 is 0 Å². The van der Waals surface area contributed by atoms with E-state index in [4.69, 9.17) is 9.15 Å². The number of ether oxygens (including phenoxy) is 1. The molecule has 7 nitrogen and oxygen atoms in total. The molecule has 2 heterocycles. The topological polar surface area (TPSA) is 94.3 Å². The lowest BCUT2D eigenvalue weighted by Gasteiger charge is -2.09. The zero-order valence-electron chi connectivity index (χ0n) is 16.2. The molecule has 0 unspecified atom stereocenters. The lowest BCUT2D eigenvalue weighted by molar-refractivity contribution is 0.0524. The molecule has 0 fully saturated rings. The first kappa shape index (κ1) is 19.3. The van der Waals surface area contributed by atoms with Gasteiger partial charge >= 0.3 is 5.97 Å². The Bertz CT molecular complexity index is 1030. The summed E-state index contributed by atoms with van der Waals surface area (Å²) in [5.41, 5.74) is 1.93. The standard InChI is InChI=1S/C21H21N3O4/c1-5-27-21(26)19-18(12(2)25)13(3)28-20(19)24-17-11-16(22-14(4)23-17)15-9-7-6-8-10-15/h6-11H,5H2,1-4H3,(H,22,23,24). The van der Waals surface area contributed by atoms with Gasteiger partial charge in [-0.15, -0.1) is 0 Å². The average molecular weight is 379 g/mol. The maximum absolute atomic E-state index is 12.4. The van der Waals surface area contributed by atoms with Crippen LogP contribution in [0.1, 0.15) is 46.1 Å². The summed E-state index contributed by atoms with van der Waals surface area (Å²) < 4.78 is 10.8. The van der Waals surface area contributed by atoms with Crippen molar-refractivity contribution in [3.05, 3.63) is 59.1 Å². The van der Waals surface area contributed by atoms with Gasteiger partial charge in [0, 0.05) is 11.6 Å². The number of hydrogen-bond donors (Lipinski definition) is 1. The van der Waals surface area contributed by atoms with Crippen molar-refractivity contribution in [1.29, 1.82) is 0 Å². The number of rotatable bonds is 6. The summed E-state index contributed by atoms with van der Waals surface area (Å²) in [5.74, 6) is 0.560. The molecule has 0 saturated carbocycles. The first-order chi connectivity index (χ1) is 13.4. The Hall–Kier alpha value is -3.48. The normalized spacial score (nSPS) is 10.6. The number of benzene rings is 1. The number of aryl methyl sites for hydroxylation is 2. The molecule has 0 aliphatic carbocycles. The van der Waals surface area contributed by atoms with Gasteiger partial charge < -0.3 is 14.5 Å². The number of aromatic nitrogens is 2. The van der Waals surface area contributed by atoms with Gasteiger partial charge in [0.15, 0.2) is 5.78 Å². The minimum absolute atomic E-state index is 0.0735. The van der Waals surface area contributed by atoms with Gasteiger partial charge in [0.1, 0.15) is 23.0 Å². The molecule has 0 aliphatic heterocycles. The Morgan fingerprint density at radius 2 is 1.82 bits per heavy atom.